The van der Waals surface area contributed by atoms with Gasteiger partial charge in [0.05, 0.1) is 11.9 Å². The number of anilines is 2. The van der Waals surface area contributed by atoms with E-state index in [1.54, 1.807) is 54.1 Å². The molecule has 0 unspecified atom stereocenters. The smallest absolute Gasteiger partial charge is 0.252 e. The Morgan fingerprint density at radius 1 is 1.44 bits per heavy atom. The first-order chi connectivity index (χ1) is 12.8. The highest BCUT2D eigenvalue weighted by atomic mass is 19.3. The molecule has 0 amide bonds. The third-order valence-electron chi connectivity index (χ3n) is 4.55. The summed E-state index contributed by atoms with van der Waals surface area (Å²) in [4.78, 5) is 17.6. The molecule has 1 fully saturated rings. The number of allylic oxidation sites excluding steroid dienone is 3. The van der Waals surface area contributed by atoms with E-state index in [9.17, 15) is 13.6 Å². The molecule has 144 valence electrons. The number of carbonyl (C=O) groups excluding carboxylic acids is 1. The van der Waals surface area contributed by atoms with Crippen LogP contribution in [0.15, 0.2) is 36.3 Å². The number of alkyl halides is 2. The Bertz CT molecular complexity index is 897. The van der Waals surface area contributed by atoms with Crippen molar-refractivity contribution >= 4 is 23.6 Å². The molecular weight excluding hydrogens is 354 g/mol. The van der Waals surface area contributed by atoms with Crippen LogP contribution in [0.25, 0.3) is 5.65 Å². The highest BCUT2D eigenvalue weighted by Crippen LogP contribution is 2.40. The van der Waals surface area contributed by atoms with E-state index in [1.807, 2.05) is 6.92 Å². The fourth-order valence-electron chi connectivity index (χ4n) is 2.89. The summed E-state index contributed by atoms with van der Waals surface area (Å²) in [5.41, 5.74) is 1.89. The second-order valence-corrected chi connectivity index (χ2v) is 6.63. The van der Waals surface area contributed by atoms with Crippen LogP contribution in [0.1, 0.15) is 18.4 Å². The van der Waals surface area contributed by atoms with Gasteiger partial charge in [0.1, 0.15) is 11.6 Å². The molecule has 9 heteroatoms. The van der Waals surface area contributed by atoms with E-state index in [0.717, 1.165) is 11.4 Å². The van der Waals surface area contributed by atoms with Crippen LogP contribution in [0.5, 0.6) is 0 Å². The van der Waals surface area contributed by atoms with Gasteiger partial charge < -0.3 is 15.5 Å². The van der Waals surface area contributed by atoms with E-state index in [0.29, 0.717) is 23.4 Å². The highest BCUT2D eigenvalue weighted by Gasteiger charge is 2.46. The van der Waals surface area contributed by atoms with Crippen molar-refractivity contribution in [3.05, 3.63) is 41.9 Å². The van der Waals surface area contributed by atoms with Crippen molar-refractivity contribution in [2.24, 2.45) is 0 Å². The Balaban J connectivity index is 1.72. The molecule has 0 atom stereocenters. The van der Waals surface area contributed by atoms with Gasteiger partial charge in [-0.25, -0.2) is 13.8 Å². The Kier molecular flexibility index (Phi) is 5.11. The van der Waals surface area contributed by atoms with Crippen LogP contribution in [0.2, 0.25) is 0 Å². The first-order valence-electron chi connectivity index (χ1n) is 8.56. The summed E-state index contributed by atoms with van der Waals surface area (Å²) in [6.45, 7) is 1.90. The van der Waals surface area contributed by atoms with Crippen LogP contribution >= 0.6 is 0 Å². The van der Waals surface area contributed by atoms with Crippen molar-refractivity contribution in [3.63, 3.8) is 0 Å². The molecule has 0 aromatic carbocycles. The number of rotatable bonds is 7. The molecule has 2 N–H and O–H groups in total. The lowest BCUT2D eigenvalue weighted by molar-refractivity contribution is -0.112. The summed E-state index contributed by atoms with van der Waals surface area (Å²) in [6, 6.07) is 1.56. The summed E-state index contributed by atoms with van der Waals surface area (Å²) < 4.78 is 27.5. The van der Waals surface area contributed by atoms with E-state index in [2.05, 4.69) is 20.7 Å². The minimum atomic E-state index is -2.56. The second-order valence-electron chi connectivity index (χ2n) is 6.63. The van der Waals surface area contributed by atoms with Crippen LogP contribution in [0.3, 0.4) is 0 Å². The lowest BCUT2D eigenvalue weighted by atomic mass is 9.87. The van der Waals surface area contributed by atoms with Crippen LogP contribution in [-0.2, 0) is 4.79 Å². The lowest BCUT2D eigenvalue weighted by Crippen LogP contribution is -2.47. The molecule has 2 aromatic rings. The summed E-state index contributed by atoms with van der Waals surface area (Å²) in [6.07, 6.45) is 7.02. The zero-order valence-corrected chi connectivity index (χ0v) is 15.4. The molecule has 27 heavy (non-hydrogen) atoms. The molecule has 3 rings (SSSR count). The molecule has 1 aliphatic rings. The molecular formula is C18H22F2N6O. The predicted octanol–water partition coefficient (Wildman–Crippen LogP) is 2.82. The van der Waals surface area contributed by atoms with Gasteiger partial charge in [0.2, 0.25) is 0 Å². The van der Waals surface area contributed by atoms with Gasteiger partial charge in [0.15, 0.2) is 11.9 Å². The fourth-order valence-corrected chi connectivity index (χ4v) is 2.89. The zero-order chi connectivity index (χ0) is 19.6. The molecule has 0 radical (unpaired) electrons. The van der Waals surface area contributed by atoms with E-state index >= 15 is 0 Å². The topological polar surface area (TPSA) is 74.6 Å². The zero-order valence-electron chi connectivity index (χ0n) is 15.4. The standard InChI is InChI=1S/C18H22F2N6O/c1-12-10-22-26-16(21-2)7-15(24-17(12)26)23-13(11-27)5-4-6-25(3)14-8-18(19,20)9-14/h4-7,10-11,14,21H,8-9H2,1-3H3,(H,23,24)/b6-4-,13-5+. The Labute approximate surface area is 155 Å². The Morgan fingerprint density at radius 2 is 2.19 bits per heavy atom. The van der Waals surface area contributed by atoms with Crippen molar-refractivity contribution < 1.29 is 13.6 Å². The molecule has 0 bridgehead atoms. The summed E-state index contributed by atoms with van der Waals surface area (Å²) in [5, 5.41) is 10.3. The largest absolute Gasteiger partial charge is 0.377 e. The Morgan fingerprint density at radius 3 is 2.81 bits per heavy atom. The van der Waals surface area contributed by atoms with E-state index in [-0.39, 0.29) is 18.9 Å². The van der Waals surface area contributed by atoms with Crippen LogP contribution < -0.4 is 10.6 Å². The number of hydrogen-bond donors (Lipinski definition) is 2. The van der Waals surface area contributed by atoms with Crippen molar-refractivity contribution in [2.75, 3.05) is 24.7 Å². The number of aromatic nitrogens is 3. The number of aryl methyl sites for hydroxylation is 1. The van der Waals surface area contributed by atoms with Crippen LogP contribution in [0.4, 0.5) is 20.4 Å². The number of hydrogen-bond acceptors (Lipinski definition) is 6. The van der Waals surface area contributed by atoms with Gasteiger partial charge in [0.25, 0.3) is 5.92 Å². The van der Waals surface area contributed by atoms with Crippen molar-refractivity contribution in [1.82, 2.24) is 19.5 Å². The van der Waals surface area contributed by atoms with E-state index in [4.69, 9.17) is 0 Å². The minimum Gasteiger partial charge on any atom is -0.377 e. The second kappa shape index (κ2) is 7.34. The maximum atomic E-state index is 12.9. The molecule has 0 saturated heterocycles. The lowest BCUT2D eigenvalue weighted by Gasteiger charge is -2.40. The van der Waals surface area contributed by atoms with Crippen molar-refractivity contribution in [1.29, 1.82) is 0 Å². The minimum absolute atomic E-state index is 0.141. The molecule has 2 heterocycles. The van der Waals surface area contributed by atoms with E-state index in [1.165, 1.54) is 0 Å². The number of carbonyl (C=O) groups is 1. The third-order valence-corrected chi connectivity index (χ3v) is 4.55. The SMILES string of the molecule is CNc1cc(N/C(C=O)=C/C=C\N(C)C2CC(F)(F)C2)nc2c(C)cnn12. The number of halogens is 2. The van der Waals surface area contributed by atoms with Crippen molar-refractivity contribution in [2.45, 2.75) is 31.7 Å². The fraction of sp³-hybridized carbons (Fsp3) is 0.389. The average Bonchev–Trinajstić information content (AvgIpc) is 2.99. The molecule has 2 aromatic heterocycles. The quantitative estimate of drug-likeness (QED) is 0.440. The van der Waals surface area contributed by atoms with Gasteiger partial charge in [-0.15, -0.1) is 0 Å². The number of fused-ring (bicyclic) bond motifs is 1. The van der Waals surface area contributed by atoms with Crippen LogP contribution in [0, 0.1) is 6.92 Å². The number of nitrogens with zero attached hydrogens (tertiary/aromatic N) is 4. The first-order valence-corrected chi connectivity index (χ1v) is 8.56. The van der Waals surface area contributed by atoms with Gasteiger partial charge in [-0.3, -0.25) is 4.79 Å². The van der Waals surface area contributed by atoms with E-state index < -0.39 is 5.92 Å². The summed E-state index contributed by atoms with van der Waals surface area (Å²) in [7, 11) is 3.52. The monoisotopic (exact) mass is 376 g/mol. The third kappa shape index (κ3) is 4.07. The van der Waals surface area contributed by atoms with Crippen molar-refractivity contribution in [3.8, 4) is 0 Å². The number of aldehydes is 1. The number of nitrogens with one attached hydrogen (secondary N) is 2. The Hall–Kier alpha value is -2.97. The maximum absolute atomic E-state index is 12.9. The van der Waals surface area contributed by atoms with Gasteiger partial charge in [0, 0.05) is 44.6 Å². The molecule has 1 aliphatic carbocycles. The summed E-state index contributed by atoms with van der Waals surface area (Å²) in [5.74, 6) is -1.34. The normalized spacial score (nSPS) is 17.1. The maximum Gasteiger partial charge on any atom is 0.252 e. The molecule has 7 nitrogen and oxygen atoms in total. The molecule has 0 aliphatic heterocycles. The van der Waals surface area contributed by atoms with Crippen LogP contribution in [-0.4, -0.2) is 51.8 Å². The van der Waals surface area contributed by atoms with Gasteiger partial charge in [-0.2, -0.15) is 9.61 Å². The predicted molar refractivity (Wildman–Crippen MR) is 99.9 cm³/mol. The van der Waals surface area contributed by atoms with Gasteiger partial charge >= 0.3 is 0 Å². The van der Waals surface area contributed by atoms with Gasteiger partial charge in [-0.1, -0.05) is 0 Å². The highest BCUT2D eigenvalue weighted by molar-refractivity contribution is 5.79. The summed E-state index contributed by atoms with van der Waals surface area (Å²) >= 11 is 0. The molecule has 0 spiro atoms. The van der Waals surface area contributed by atoms with Gasteiger partial charge in [-0.05, 0) is 25.3 Å². The molecule has 1 saturated carbocycles. The average molecular weight is 376 g/mol. The first kappa shape index (κ1) is 18.8.